The van der Waals surface area contributed by atoms with E-state index in [1.807, 2.05) is 6.07 Å². The lowest BCUT2D eigenvalue weighted by molar-refractivity contribution is -0.138. The van der Waals surface area contributed by atoms with Gasteiger partial charge in [-0.3, -0.25) is 0 Å². The lowest BCUT2D eigenvalue weighted by atomic mass is 10.2. The maximum Gasteiger partial charge on any atom is 0.406 e. The van der Waals surface area contributed by atoms with E-state index in [9.17, 15) is 18.0 Å². The van der Waals surface area contributed by atoms with Crippen LogP contribution >= 0.6 is 0 Å². The van der Waals surface area contributed by atoms with Gasteiger partial charge in [-0.05, 0) is 24.3 Å². The van der Waals surface area contributed by atoms with Crippen molar-refractivity contribution < 1.29 is 18.0 Å². The molecule has 1 aromatic rings. The summed E-state index contributed by atoms with van der Waals surface area (Å²) in [6, 6.07) is 6.81. The van der Waals surface area contributed by atoms with Crippen LogP contribution in [0.1, 0.15) is 5.56 Å². The number of carbonyl (C=O) groups excluding carboxylic acids is 1. The SMILES string of the molecule is C=CCN(CC(F)(F)F)C(=O)Nc1ccc(C#N)cc1. The highest BCUT2D eigenvalue weighted by Crippen LogP contribution is 2.17. The molecule has 0 aliphatic rings. The zero-order chi connectivity index (χ0) is 15.2. The number of anilines is 1. The van der Waals surface area contributed by atoms with Gasteiger partial charge in [0.15, 0.2) is 0 Å². The summed E-state index contributed by atoms with van der Waals surface area (Å²) in [4.78, 5) is 12.3. The molecule has 7 heteroatoms. The molecule has 0 saturated carbocycles. The highest BCUT2D eigenvalue weighted by Gasteiger charge is 2.32. The van der Waals surface area contributed by atoms with E-state index in [-0.39, 0.29) is 6.54 Å². The molecule has 1 rings (SSSR count). The summed E-state index contributed by atoms with van der Waals surface area (Å²) in [7, 11) is 0. The van der Waals surface area contributed by atoms with Crippen LogP contribution in [-0.4, -0.2) is 30.2 Å². The van der Waals surface area contributed by atoms with Crippen molar-refractivity contribution >= 4 is 11.7 Å². The van der Waals surface area contributed by atoms with Gasteiger partial charge in [-0.25, -0.2) is 4.79 Å². The van der Waals surface area contributed by atoms with Gasteiger partial charge < -0.3 is 10.2 Å². The molecule has 0 radical (unpaired) electrons. The van der Waals surface area contributed by atoms with Gasteiger partial charge in [0.1, 0.15) is 6.54 Å². The smallest absolute Gasteiger partial charge is 0.312 e. The summed E-state index contributed by atoms with van der Waals surface area (Å²) in [5.41, 5.74) is 0.700. The maximum atomic E-state index is 12.3. The maximum absolute atomic E-state index is 12.3. The predicted octanol–water partition coefficient (Wildman–Crippen LogP) is 3.14. The highest BCUT2D eigenvalue weighted by atomic mass is 19.4. The Hall–Kier alpha value is -2.49. The Balaban J connectivity index is 2.74. The number of carbonyl (C=O) groups is 1. The summed E-state index contributed by atoms with van der Waals surface area (Å²) in [5, 5.41) is 10.9. The Morgan fingerprint density at radius 3 is 2.45 bits per heavy atom. The van der Waals surface area contributed by atoms with Crippen molar-refractivity contribution in [1.82, 2.24) is 4.90 Å². The summed E-state index contributed by atoms with van der Waals surface area (Å²) in [5.74, 6) is 0. The Labute approximate surface area is 114 Å². The van der Waals surface area contributed by atoms with Crippen molar-refractivity contribution in [3.63, 3.8) is 0 Å². The molecule has 0 aliphatic heterocycles. The van der Waals surface area contributed by atoms with Crippen molar-refractivity contribution in [3.8, 4) is 6.07 Å². The minimum atomic E-state index is -4.48. The molecule has 106 valence electrons. The van der Waals surface area contributed by atoms with Crippen molar-refractivity contribution in [1.29, 1.82) is 5.26 Å². The molecule has 0 aromatic heterocycles. The number of nitrogens with one attached hydrogen (secondary N) is 1. The molecule has 0 fully saturated rings. The zero-order valence-corrected chi connectivity index (χ0v) is 10.4. The van der Waals surface area contributed by atoms with Crippen LogP contribution in [0.3, 0.4) is 0 Å². The van der Waals surface area contributed by atoms with Gasteiger partial charge in [0.2, 0.25) is 0 Å². The van der Waals surface area contributed by atoms with Gasteiger partial charge in [0.05, 0.1) is 11.6 Å². The van der Waals surface area contributed by atoms with E-state index < -0.39 is 18.8 Å². The number of nitriles is 1. The second-order valence-corrected chi connectivity index (χ2v) is 3.90. The van der Waals surface area contributed by atoms with Crippen molar-refractivity contribution in [2.24, 2.45) is 0 Å². The molecule has 1 N–H and O–H groups in total. The fourth-order valence-corrected chi connectivity index (χ4v) is 1.42. The second kappa shape index (κ2) is 6.61. The van der Waals surface area contributed by atoms with E-state index >= 15 is 0 Å². The third-order valence-corrected chi connectivity index (χ3v) is 2.27. The first-order valence-electron chi connectivity index (χ1n) is 5.59. The number of urea groups is 1. The monoisotopic (exact) mass is 283 g/mol. The summed E-state index contributed by atoms with van der Waals surface area (Å²) >= 11 is 0. The van der Waals surface area contributed by atoms with Crippen LogP contribution in [0.15, 0.2) is 36.9 Å². The number of benzene rings is 1. The summed E-state index contributed by atoms with van der Waals surface area (Å²) in [6.45, 7) is 1.74. The normalized spacial score (nSPS) is 10.5. The Kier molecular flexibility index (Phi) is 5.15. The molecule has 0 saturated heterocycles. The van der Waals surface area contributed by atoms with E-state index in [0.717, 1.165) is 0 Å². The lowest BCUT2D eigenvalue weighted by Crippen LogP contribution is -2.41. The number of amides is 2. The molecule has 4 nitrogen and oxygen atoms in total. The van der Waals surface area contributed by atoms with Crippen molar-refractivity contribution in [3.05, 3.63) is 42.5 Å². The van der Waals surface area contributed by atoms with E-state index in [2.05, 4.69) is 11.9 Å². The Morgan fingerprint density at radius 2 is 2.00 bits per heavy atom. The molecule has 0 heterocycles. The van der Waals surface area contributed by atoms with E-state index in [1.54, 1.807) is 0 Å². The number of alkyl halides is 3. The number of rotatable bonds is 4. The number of halogens is 3. The minimum Gasteiger partial charge on any atom is -0.312 e. The standard InChI is InChI=1S/C13H12F3N3O/c1-2-7-19(9-13(14,15)16)12(20)18-11-5-3-10(8-17)4-6-11/h2-6H,1,7,9H2,(H,18,20). The topological polar surface area (TPSA) is 56.1 Å². The van der Waals surface area contributed by atoms with Crippen molar-refractivity contribution in [2.45, 2.75) is 6.18 Å². The first-order chi connectivity index (χ1) is 9.35. The van der Waals surface area contributed by atoms with Gasteiger partial charge in [-0.1, -0.05) is 6.08 Å². The third kappa shape index (κ3) is 5.02. The fourth-order valence-electron chi connectivity index (χ4n) is 1.42. The highest BCUT2D eigenvalue weighted by molar-refractivity contribution is 5.89. The van der Waals surface area contributed by atoms with E-state index in [1.165, 1.54) is 30.3 Å². The molecule has 2 amide bonds. The first kappa shape index (κ1) is 15.6. The quantitative estimate of drug-likeness (QED) is 0.863. The molecular weight excluding hydrogens is 271 g/mol. The molecule has 1 aromatic carbocycles. The average Bonchev–Trinajstić information content (AvgIpc) is 2.37. The Bertz CT molecular complexity index is 517. The number of hydrogen-bond donors (Lipinski definition) is 1. The van der Waals surface area contributed by atoms with Gasteiger partial charge in [-0.2, -0.15) is 18.4 Å². The third-order valence-electron chi connectivity index (χ3n) is 2.27. The van der Waals surface area contributed by atoms with E-state index in [4.69, 9.17) is 5.26 Å². The molecule has 0 spiro atoms. The molecular formula is C13H12F3N3O. The van der Waals surface area contributed by atoms with E-state index in [0.29, 0.717) is 16.2 Å². The number of nitrogens with zero attached hydrogens (tertiary/aromatic N) is 2. The average molecular weight is 283 g/mol. The first-order valence-corrected chi connectivity index (χ1v) is 5.59. The molecule has 0 atom stereocenters. The Morgan fingerprint density at radius 1 is 1.40 bits per heavy atom. The molecule has 20 heavy (non-hydrogen) atoms. The van der Waals surface area contributed by atoms with Crippen LogP contribution in [0.5, 0.6) is 0 Å². The minimum absolute atomic E-state index is 0.221. The fraction of sp³-hybridized carbons (Fsp3) is 0.231. The summed E-state index contributed by atoms with van der Waals surface area (Å²) < 4.78 is 37.0. The largest absolute Gasteiger partial charge is 0.406 e. The summed E-state index contributed by atoms with van der Waals surface area (Å²) in [6.07, 6.45) is -3.27. The lowest BCUT2D eigenvalue weighted by Gasteiger charge is -2.22. The van der Waals surface area contributed by atoms with Gasteiger partial charge in [0.25, 0.3) is 0 Å². The van der Waals surface area contributed by atoms with Crippen LogP contribution in [-0.2, 0) is 0 Å². The molecule has 0 bridgehead atoms. The molecule has 0 unspecified atom stereocenters. The zero-order valence-electron chi connectivity index (χ0n) is 10.4. The number of hydrogen-bond acceptors (Lipinski definition) is 2. The van der Waals surface area contributed by atoms with Crippen LogP contribution in [0, 0.1) is 11.3 Å². The van der Waals surface area contributed by atoms with Crippen molar-refractivity contribution in [2.75, 3.05) is 18.4 Å². The van der Waals surface area contributed by atoms with Crippen LogP contribution in [0.25, 0.3) is 0 Å². The van der Waals surface area contributed by atoms with Crippen LogP contribution in [0.4, 0.5) is 23.7 Å². The second-order valence-electron chi connectivity index (χ2n) is 3.90. The predicted molar refractivity (Wildman–Crippen MR) is 68.0 cm³/mol. The van der Waals surface area contributed by atoms with Crippen LogP contribution < -0.4 is 5.32 Å². The van der Waals surface area contributed by atoms with Gasteiger partial charge in [0, 0.05) is 12.2 Å². The van der Waals surface area contributed by atoms with Gasteiger partial charge in [-0.15, -0.1) is 6.58 Å². The van der Waals surface area contributed by atoms with Gasteiger partial charge >= 0.3 is 12.2 Å². The molecule has 0 aliphatic carbocycles. The van der Waals surface area contributed by atoms with Crippen LogP contribution in [0.2, 0.25) is 0 Å².